The lowest BCUT2D eigenvalue weighted by Gasteiger charge is -2.30. The van der Waals surface area contributed by atoms with E-state index >= 15 is 0 Å². The van der Waals surface area contributed by atoms with Crippen molar-refractivity contribution < 1.29 is 0 Å². The first-order valence-electron chi connectivity index (χ1n) is 5.25. The van der Waals surface area contributed by atoms with E-state index in [2.05, 4.69) is 37.4 Å². The molecule has 1 atom stereocenters. The number of allylic oxidation sites excluding steroid dienone is 4. The maximum atomic E-state index is 6.14. The van der Waals surface area contributed by atoms with Gasteiger partial charge in [0.1, 0.15) is 0 Å². The molecule has 1 aromatic heterocycles. The lowest BCUT2D eigenvalue weighted by Crippen LogP contribution is -2.24. The molecule has 0 fully saturated rings. The van der Waals surface area contributed by atoms with Crippen LogP contribution in [-0.2, 0) is 5.41 Å². The van der Waals surface area contributed by atoms with Crippen LogP contribution in [-0.4, -0.2) is 0 Å². The number of rotatable bonds is 0. The molecule has 0 spiro atoms. The van der Waals surface area contributed by atoms with Crippen LogP contribution in [0.1, 0.15) is 30.7 Å². The molecule has 0 N–H and O–H groups in total. The summed E-state index contributed by atoms with van der Waals surface area (Å²) in [5.41, 5.74) is 3.24. The molecule has 1 aromatic rings. The highest BCUT2D eigenvalue weighted by molar-refractivity contribution is 7.11. The molecular weight excluding hydrogens is 224 g/mol. The Balaban J connectivity index is 2.22. The monoisotopic (exact) mass is 236 g/mol. The second kappa shape index (κ2) is 2.99. The third-order valence-electron chi connectivity index (χ3n) is 3.71. The largest absolute Gasteiger partial charge is 0.144 e. The minimum atomic E-state index is 0.246. The average molecular weight is 237 g/mol. The number of thiophene rings is 1. The Hall–Kier alpha value is -0.530. The first-order chi connectivity index (χ1) is 7.10. The molecular formula is C13H13ClS. The van der Waals surface area contributed by atoms with Crippen LogP contribution < -0.4 is 0 Å². The standard InChI is InChI=1S/C13H13ClS/c1-13(2)10-5-6-15-12(10)9-4-3-8(14)7-11(9)13/h3-6,11H,7H2,1-2H3. The summed E-state index contributed by atoms with van der Waals surface area (Å²) in [6.45, 7) is 4.67. The van der Waals surface area contributed by atoms with Crippen LogP contribution in [0, 0.1) is 5.92 Å². The van der Waals surface area contributed by atoms with Gasteiger partial charge in [-0.05, 0) is 46.4 Å². The van der Waals surface area contributed by atoms with Gasteiger partial charge in [-0.2, -0.15) is 0 Å². The lowest BCUT2D eigenvalue weighted by molar-refractivity contribution is 0.412. The second-order valence-corrected chi connectivity index (χ2v) is 6.28. The highest BCUT2D eigenvalue weighted by atomic mass is 35.5. The summed E-state index contributed by atoms with van der Waals surface area (Å²) in [7, 11) is 0. The predicted molar refractivity (Wildman–Crippen MR) is 67.4 cm³/mol. The Bertz CT molecular complexity index is 476. The highest BCUT2D eigenvalue weighted by Gasteiger charge is 2.44. The fourth-order valence-corrected chi connectivity index (χ4v) is 4.14. The molecule has 0 aliphatic heterocycles. The van der Waals surface area contributed by atoms with Crippen LogP contribution in [0.3, 0.4) is 0 Å². The van der Waals surface area contributed by atoms with E-state index in [1.807, 2.05) is 11.3 Å². The van der Waals surface area contributed by atoms with Gasteiger partial charge in [-0.15, -0.1) is 11.3 Å². The summed E-state index contributed by atoms with van der Waals surface area (Å²) < 4.78 is 0. The van der Waals surface area contributed by atoms with Crippen molar-refractivity contribution in [3.05, 3.63) is 39.1 Å². The summed E-state index contributed by atoms with van der Waals surface area (Å²) in [4.78, 5) is 1.48. The van der Waals surface area contributed by atoms with Crippen LogP contribution in [0.4, 0.5) is 0 Å². The summed E-state index contributed by atoms with van der Waals surface area (Å²) in [6.07, 6.45) is 5.26. The van der Waals surface area contributed by atoms with Gasteiger partial charge in [-0.1, -0.05) is 31.5 Å². The Labute approximate surface area is 99.3 Å². The molecule has 0 saturated carbocycles. The van der Waals surface area contributed by atoms with Crippen molar-refractivity contribution in [1.82, 2.24) is 0 Å². The van der Waals surface area contributed by atoms with Gasteiger partial charge in [0.15, 0.2) is 0 Å². The van der Waals surface area contributed by atoms with Gasteiger partial charge < -0.3 is 0 Å². The minimum absolute atomic E-state index is 0.246. The van der Waals surface area contributed by atoms with Crippen molar-refractivity contribution in [3.8, 4) is 0 Å². The Kier molecular flexibility index (Phi) is 1.93. The van der Waals surface area contributed by atoms with Crippen molar-refractivity contribution >= 4 is 28.5 Å². The van der Waals surface area contributed by atoms with Crippen LogP contribution in [0.5, 0.6) is 0 Å². The van der Waals surface area contributed by atoms with Gasteiger partial charge in [-0.3, -0.25) is 0 Å². The van der Waals surface area contributed by atoms with E-state index in [0.717, 1.165) is 11.5 Å². The predicted octanol–water partition coefficient (Wildman–Crippen LogP) is 4.57. The van der Waals surface area contributed by atoms with Crippen LogP contribution >= 0.6 is 22.9 Å². The molecule has 1 unspecified atom stereocenters. The molecule has 0 aromatic carbocycles. The molecule has 0 amide bonds. The van der Waals surface area contributed by atoms with Gasteiger partial charge >= 0.3 is 0 Å². The average Bonchev–Trinajstić information content (AvgIpc) is 2.72. The van der Waals surface area contributed by atoms with E-state index in [9.17, 15) is 0 Å². The fourth-order valence-electron chi connectivity index (χ4n) is 2.78. The molecule has 0 radical (unpaired) electrons. The van der Waals surface area contributed by atoms with Gasteiger partial charge in [0.2, 0.25) is 0 Å². The number of halogens is 1. The van der Waals surface area contributed by atoms with Gasteiger partial charge in [0.05, 0.1) is 0 Å². The first-order valence-corrected chi connectivity index (χ1v) is 6.51. The van der Waals surface area contributed by atoms with Crippen molar-refractivity contribution in [3.63, 3.8) is 0 Å². The fraction of sp³-hybridized carbons (Fsp3) is 0.385. The summed E-state index contributed by atoms with van der Waals surface area (Å²) in [5, 5.41) is 3.19. The van der Waals surface area contributed by atoms with Crippen molar-refractivity contribution in [1.29, 1.82) is 0 Å². The minimum Gasteiger partial charge on any atom is -0.144 e. The lowest BCUT2D eigenvalue weighted by atomic mass is 9.75. The van der Waals surface area contributed by atoms with Crippen molar-refractivity contribution in [2.24, 2.45) is 5.92 Å². The van der Waals surface area contributed by atoms with E-state index in [0.29, 0.717) is 5.92 Å². The van der Waals surface area contributed by atoms with E-state index in [-0.39, 0.29) is 5.41 Å². The van der Waals surface area contributed by atoms with Crippen LogP contribution in [0.25, 0.3) is 5.57 Å². The number of fused-ring (bicyclic) bond motifs is 3. The van der Waals surface area contributed by atoms with Crippen LogP contribution in [0.2, 0.25) is 0 Å². The molecule has 2 heteroatoms. The molecule has 1 heterocycles. The molecule has 0 nitrogen and oxygen atoms in total. The zero-order valence-electron chi connectivity index (χ0n) is 8.88. The molecule has 2 aliphatic rings. The van der Waals surface area contributed by atoms with Gasteiger partial charge in [0.25, 0.3) is 0 Å². The van der Waals surface area contributed by atoms with Crippen molar-refractivity contribution in [2.45, 2.75) is 25.7 Å². The highest BCUT2D eigenvalue weighted by Crippen LogP contribution is 2.55. The van der Waals surface area contributed by atoms with E-state index in [1.165, 1.54) is 16.0 Å². The van der Waals surface area contributed by atoms with E-state index in [1.54, 1.807) is 0 Å². The maximum absolute atomic E-state index is 6.14. The second-order valence-electron chi connectivity index (χ2n) is 4.88. The number of hydrogen-bond donors (Lipinski definition) is 0. The SMILES string of the molecule is CC1(C)c2ccsc2C2=CC=C(Cl)CC21. The number of hydrogen-bond acceptors (Lipinski definition) is 1. The van der Waals surface area contributed by atoms with Gasteiger partial charge in [0, 0.05) is 9.91 Å². The molecule has 3 rings (SSSR count). The van der Waals surface area contributed by atoms with Gasteiger partial charge in [-0.25, -0.2) is 0 Å². The molecule has 15 heavy (non-hydrogen) atoms. The van der Waals surface area contributed by atoms with E-state index < -0.39 is 0 Å². The summed E-state index contributed by atoms with van der Waals surface area (Å²) >= 11 is 8.00. The summed E-state index contributed by atoms with van der Waals surface area (Å²) in [5.74, 6) is 0.581. The third kappa shape index (κ3) is 1.20. The molecule has 0 saturated heterocycles. The quantitative estimate of drug-likeness (QED) is 0.619. The first kappa shape index (κ1) is 9.68. The molecule has 2 aliphatic carbocycles. The Morgan fingerprint density at radius 1 is 1.40 bits per heavy atom. The Morgan fingerprint density at radius 3 is 3.00 bits per heavy atom. The zero-order valence-corrected chi connectivity index (χ0v) is 10.5. The Morgan fingerprint density at radius 2 is 2.20 bits per heavy atom. The summed E-state index contributed by atoms with van der Waals surface area (Å²) in [6, 6.07) is 2.27. The van der Waals surface area contributed by atoms with E-state index in [4.69, 9.17) is 11.6 Å². The topological polar surface area (TPSA) is 0 Å². The molecule has 0 bridgehead atoms. The third-order valence-corrected chi connectivity index (χ3v) is 4.95. The smallest absolute Gasteiger partial charge is 0.0343 e. The zero-order chi connectivity index (χ0) is 10.6. The van der Waals surface area contributed by atoms with Crippen LogP contribution in [0.15, 0.2) is 28.6 Å². The normalized spacial score (nSPS) is 26.7. The van der Waals surface area contributed by atoms with Crippen molar-refractivity contribution in [2.75, 3.05) is 0 Å². The maximum Gasteiger partial charge on any atom is 0.0343 e. The molecule has 78 valence electrons.